The van der Waals surface area contributed by atoms with Crippen molar-refractivity contribution < 1.29 is 9.53 Å². The van der Waals surface area contributed by atoms with Crippen molar-refractivity contribution in [2.45, 2.75) is 36.7 Å². The van der Waals surface area contributed by atoms with Crippen LogP contribution in [-0.4, -0.2) is 38.0 Å². The van der Waals surface area contributed by atoms with Crippen LogP contribution in [-0.2, 0) is 16.1 Å². The Morgan fingerprint density at radius 3 is 2.76 bits per heavy atom. The fourth-order valence-corrected chi connectivity index (χ4v) is 2.75. The summed E-state index contributed by atoms with van der Waals surface area (Å²) >= 11 is 1.74. The normalized spacial score (nSPS) is 14.1. The van der Waals surface area contributed by atoms with E-state index < -0.39 is 0 Å². The number of rotatable bonds is 10. The molecule has 0 atom stereocenters. The Balaban J connectivity index is 1.61. The lowest BCUT2D eigenvalue weighted by Crippen LogP contribution is -2.25. The molecule has 1 aromatic rings. The van der Waals surface area contributed by atoms with Gasteiger partial charge in [0.2, 0.25) is 5.91 Å². The van der Waals surface area contributed by atoms with E-state index in [1.165, 1.54) is 10.5 Å². The van der Waals surface area contributed by atoms with E-state index in [0.717, 1.165) is 38.3 Å². The Morgan fingerprint density at radius 2 is 2.10 bits per heavy atom. The molecular weight excluding hydrogens is 284 g/mol. The molecule has 0 heterocycles. The van der Waals surface area contributed by atoms with Crippen LogP contribution in [0, 0.1) is 0 Å². The Morgan fingerprint density at radius 1 is 1.33 bits per heavy atom. The summed E-state index contributed by atoms with van der Waals surface area (Å²) in [6.45, 7) is 2.46. The second-order valence-electron chi connectivity index (χ2n) is 5.25. The number of thioether (sulfide) groups is 1. The summed E-state index contributed by atoms with van der Waals surface area (Å²) in [5.41, 5.74) is 1.27. The highest BCUT2D eigenvalue weighted by molar-refractivity contribution is 7.99. The number of nitrogens with one attached hydrogen (secondary N) is 2. The van der Waals surface area contributed by atoms with Gasteiger partial charge in [0.05, 0.1) is 6.61 Å². The predicted octanol–water partition coefficient (Wildman–Crippen LogP) is 2.18. The third-order valence-corrected chi connectivity index (χ3v) is 4.29. The average Bonchev–Trinajstić information content (AvgIpc) is 3.29. The second-order valence-corrected chi connectivity index (χ2v) is 6.42. The van der Waals surface area contributed by atoms with Gasteiger partial charge < -0.3 is 15.4 Å². The first kappa shape index (κ1) is 16.3. The third kappa shape index (κ3) is 6.98. The maximum atomic E-state index is 11.6. The molecule has 4 nitrogen and oxygen atoms in total. The van der Waals surface area contributed by atoms with Crippen LogP contribution in [0.4, 0.5) is 0 Å². The second kappa shape index (κ2) is 9.07. The number of amides is 1. The highest BCUT2D eigenvalue weighted by Gasteiger charge is 2.22. The molecule has 0 bridgehead atoms. The predicted molar refractivity (Wildman–Crippen MR) is 86.5 cm³/mol. The monoisotopic (exact) mass is 308 g/mol. The quantitative estimate of drug-likeness (QED) is 0.514. The first-order valence-electron chi connectivity index (χ1n) is 7.48. The first-order valence-corrected chi connectivity index (χ1v) is 8.47. The van der Waals surface area contributed by atoms with E-state index in [1.807, 2.05) is 0 Å². The summed E-state index contributed by atoms with van der Waals surface area (Å²) in [6.07, 6.45) is 2.90. The van der Waals surface area contributed by atoms with Gasteiger partial charge in [-0.25, -0.2) is 0 Å². The zero-order chi connectivity index (χ0) is 14.9. The number of hydrogen-bond acceptors (Lipinski definition) is 4. The fourth-order valence-electron chi connectivity index (χ4n) is 1.90. The summed E-state index contributed by atoms with van der Waals surface area (Å²) in [6, 6.07) is 8.97. The Hall–Kier alpha value is -1.04. The maximum absolute atomic E-state index is 11.6. The van der Waals surface area contributed by atoms with E-state index in [0.29, 0.717) is 12.5 Å². The molecule has 5 heteroatoms. The Labute approximate surface area is 131 Å². The summed E-state index contributed by atoms with van der Waals surface area (Å²) in [5.74, 6) is 1.02. The first-order chi connectivity index (χ1) is 10.3. The summed E-state index contributed by atoms with van der Waals surface area (Å²) in [5, 5.41) is 6.33. The lowest BCUT2D eigenvalue weighted by Gasteiger charge is -2.06. The molecule has 2 rings (SSSR count). The van der Waals surface area contributed by atoms with Crippen molar-refractivity contribution >= 4 is 17.7 Å². The third-order valence-electron chi connectivity index (χ3n) is 3.28. The van der Waals surface area contributed by atoms with Crippen LogP contribution in [0.15, 0.2) is 29.2 Å². The van der Waals surface area contributed by atoms with Gasteiger partial charge in [-0.2, -0.15) is 0 Å². The molecule has 21 heavy (non-hydrogen) atoms. The summed E-state index contributed by atoms with van der Waals surface area (Å²) < 4.78 is 4.99. The number of benzene rings is 1. The van der Waals surface area contributed by atoms with E-state index >= 15 is 0 Å². The average molecular weight is 308 g/mol. The molecule has 1 saturated carbocycles. The highest BCUT2D eigenvalue weighted by atomic mass is 32.2. The topological polar surface area (TPSA) is 50.4 Å². The van der Waals surface area contributed by atoms with Crippen molar-refractivity contribution in [2.24, 2.45) is 0 Å². The number of hydrogen-bond donors (Lipinski definition) is 2. The van der Waals surface area contributed by atoms with E-state index in [-0.39, 0.29) is 5.91 Å². The molecular formula is C16H24N2O2S. The number of methoxy groups -OCH3 is 1. The fraction of sp³-hybridized carbons (Fsp3) is 0.562. The standard InChI is InChI=1S/C16H24N2O2S/c1-20-10-9-17-12-13-2-6-15(7-3-13)21-11-8-16(19)18-14-4-5-14/h2-3,6-7,14,17H,4-5,8-12H2,1H3,(H,18,19). The minimum absolute atomic E-state index is 0.184. The molecule has 0 radical (unpaired) electrons. The lowest BCUT2D eigenvalue weighted by molar-refractivity contribution is -0.120. The molecule has 0 aromatic heterocycles. The minimum atomic E-state index is 0.184. The lowest BCUT2D eigenvalue weighted by atomic mass is 10.2. The van der Waals surface area contributed by atoms with Gasteiger partial charge in [0, 0.05) is 43.3 Å². The molecule has 1 aliphatic carbocycles. The summed E-state index contributed by atoms with van der Waals surface area (Å²) in [4.78, 5) is 12.8. The van der Waals surface area contributed by atoms with Gasteiger partial charge >= 0.3 is 0 Å². The number of carbonyl (C=O) groups is 1. The van der Waals surface area contributed by atoms with Gasteiger partial charge in [0.1, 0.15) is 0 Å². The van der Waals surface area contributed by atoms with E-state index in [4.69, 9.17) is 4.74 Å². The van der Waals surface area contributed by atoms with Crippen LogP contribution in [0.5, 0.6) is 0 Å². The minimum Gasteiger partial charge on any atom is -0.383 e. The maximum Gasteiger partial charge on any atom is 0.221 e. The molecule has 0 saturated heterocycles. The molecule has 2 N–H and O–H groups in total. The van der Waals surface area contributed by atoms with Crippen molar-refractivity contribution in [2.75, 3.05) is 26.0 Å². The van der Waals surface area contributed by atoms with Gasteiger partial charge in [0.15, 0.2) is 0 Å². The van der Waals surface area contributed by atoms with E-state index in [2.05, 4.69) is 34.9 Å². The van der Waals surface area contributed by atoms with Crippen LogP contribution in [0.3, 0.4) is 0 Å². The van der Waals surface area contributed by atoms with E-state index in [1.54, 1.807) is 18.9 Å². The number of ether oxygens (including phenoxy) is 1. The van der Waals surface area contributed by atoms with Gasteiger partial charge in [-0.3, -0.25) is 4.79 Å². The number of carbonyl (C=O) groups excluding carboxylic acids is 1. The van der Waals surface area contributed by atoms with Crippen molar-refractivity contribution in [3.8, 4) is 0 Å². The summed E-state index contributed by atoms with van der Waals surface area (Å²) in [7, 11) is 1.71. The zero-order valence-electron chi connectivity index (χ0n) is 12.6. The van der Waals surface area contributed by atoms with Crippen LogP contribution in [0.1, 0.15) is 24.8 Å². The van der Waals surface area contributed by atoms with Crippen molar-refractivity contribution in [3.05, 3.63) is 29.8 Å². The SMILES string of the molecule is COCCNCc1ccc(SCCC(=O)NC2CC2)cc1. The molecule has 1 aliphatic rings. The van der Waals surface area contributed by atoms with Crippen LogP contribution >= 0.6 is 11.8 Å². The van der Waals surface area contributed by atoms with Crippen LogP contribution in [0.2, 0.25) is 0 Å². The molecule has 1 aromatic carbocycles. The van der Waals surface area contributed by atoms with Crippen LogP contribution in [0.25, 0.3) is 0 Å². The molecule has 0 unspecified atom stereocenters. The smallest absolute Gasteiger partial charge is 0.221 e. The molecule has 0 aliphatic heterocycles. The van der Waals surface area contributed by atoms with Gasteiger partial charge in [-0.05, 0) is 30.5 Å². The van der Waals surface area contributed by atoms with Crippen molar-refractivity contribution in [1.82, 2.24) is 10.6 Å². The molecule has 1 fully saturated rings. The molecule has 116 valence electrons. The Bertz CT molecular complexity index is 432. The van der Waals surface area contributed by atoms with Gasteiger partial charge in [-0.1, -0.05) is 12.1 Å². The molecule has 1 amide bonds. The molecule has 0 spiro atoms. The van der Waals surface area contributed by atoms with Crippen LogP contribution < -0.4 is 10.6 Å². The van der Waals surface area contributed by atoms with E-state index in [9.17, 15) is 4.79 Å². The zero-order valence-corrected chi connectivity index (χ0v) is 13.4. The van der Waals surface area contributed by atoms with Gasteiger partial charge in [0.25, 0.3) is 0 Å². The Kier molecular flexibility index (Phi) is 7.06. The van der Waals surface area contributed by atoms with Crippen molar-refractivity contribution in [1.29, 1.82) is 0 Å². The highest BCUT2D eigenvalue weighted by Crippen LogP contribution is 2.21. The largest absolute Gasteiger partial charge is 0.383 e. The van der Waals surface area contributed by atoms with Crippen molar-refractivity contribution in [3.63, 3.8) is 0 Å². The van der Waals surface area contributed by atoms with Gasteiger partial charge in [-0.15, -0.1) is 11.8 Å².